The summed E-state index contributed by atoms with van der Waals surface area (Å²) >= 11 is 0. The van der Waals surface area contributed by atoms with Crippen LogP contribution in [0.5, 0.6) is 0 Å². The maximum atomic E-state index is 10.6. The Kier molecular flexibility index (Phi) is 7.18. The number of hydrogen-bond acceptors (Lipinski definition) is 3. The van der Waals surface area contributed by atoms with Crippen LogP contribution in [0.15, 0.2) is 60.7 Å². The van der Waals surface area contributed by atoms with Crippen LogP contribution in [-0.4, -0.2) is 37.3 Å². The fourth-order valence-electron chi connectivity index (χ4n) is 3.64. The number of aliphatic hydroxyl groups is 2. The van der Waals surface area contributed by atoms with E-state index in [2.05, 4.69) is 45.0 Å². The number of hydrogen-bond donors (Lipinski definition) is 2. The molecule has 2 aromatic rings. The third kappa shape index (κ3) is 4.26. The number of benzene rings is 2. The van der Waals surface area contributed by atoms with E-state index in [1.54, 1.807) is 0 Å². The van der Waals surface area contributed by atoms with E-state index in [0.29, 0.717) is 12.8 Å². The normalized spacial score (nSPS) is 14.8. The lowest BCUT2D eigenvalue weighted by Gasteiger charge is -2.46. The largest absolute Gasteiger partial charge is 0.402 e. The summed E-state index contributed by atoms with van der Waals surface area (Å²) in [5, 5.41) is 22.3. The lowest BCUT2D eigenvalue weighted by atomic mass is 10.1. The zero-order chi connectivity index (χ0) is 19.2. The van der Waals surface area contributed by atoms with Gasteiger partial charge in [-0.1, -0.05) is 88.4 Å². The molecule has 2 aromatic carbocycles. The van der Waals surface area contributed by atoms with Crippen LogP contribution in [0, 0.1) is 0 Å². The van der Waals surface area contributed by atoms with Crippen molar-refractivity contribution in [1.29, 1.82) is 0 Å². The third-order valence-electron chi connectivity index (χ3n) is 5.01. The van der Waals surface area contributed by atoms with Crippen molar-refractivity contribution in [2.24, 2.45) is 0 Å². The summed E-state index contributed by atoms with van der Waals surface area (Å²) in [4.78, 5) is 0. The van der Waals surface area contributed by atoms with Crippen molar-refractivity contribution < 1.29 is 14.6 Å². The van der Waals surface area contributed by atoms with Gasteiger partial charge in [-0.3, -0.25) is 0 Å². The van der Waals surface area contributed by atoms with Crippen LogP contribution in [-0.2, 0) is 4.43 Å². The molecule has 3 nitrogen and oxygen atoms in total. The van der Waals surface area contributed by atoms with Crippen molar-refractivity contribution >= 4 is 18.7 Å². The van der Waals surface area contributed by atoms with Gasteiger partial charge in [0.15, 0.2) is 0 Å². The van der Waals surface area contributed by atoms with E-state index in [0.717, 1.165) is 0 Å². The average Bonchev–Trinajstić information content (AvgIpc) is 2.65. The molecule has 0 amide bonds. The van der Waals surface area contributed by atoms with Crippen molar-refractivity contribution in [3.63, 3.8) is 0 Å². The highest BCUT2D eigenvalue weighted by atomic mass is 28.4. The first-order chi connectivity index (χ1) is 12.4. The maximum absolute atomic E-state index is 10.6. The van der Waals surface area contributed by atoms with Gasteiger partial charge in [-0.15, -0.1) is 0 Å². The lowest BCUT2D eigenvalue weighted by molar-refractivity contribution is 0.0138. The SMILES string of the molecule is CC[C@@H](O)[C@H](CCO)O[Si](c1ccccc1)(c1ccccc1)C(C)(C)C. The first-order valence-corrected chi connectivity index (χ1v) is 11.4. The molecule has 0 fully saturated rings. The Morgan fingerprint density at radius 1 is 0.923 bits per heavy atom. The van der Waals surface area contributed by atoms with Crippen molar-refractivity contribution in [1.82, 2.24) is 0 Å². The summed E-state index contributed by atoms with van der Waals surface area (Å²) in [5.74, 6) is 0. The van der Waals surface area contributed by atoms with E-state index >= 15 is 0 Å². The summed E-state index contributed by atoms with van der Waals surface area (Å²) in [6.07, 6.45) is 0.0441. The Labute approximate surface area is 158 Å². The topological polar surface area (TPSA) is 49.7 Å². The number of rotatable bonds is 8. The van der Waals surface area contributed by atoms with Crippen LogP contribution in [0.4, 0.5) is 0 Å². The van der Waals surface area contributed by atoms with E-state index in [1.165, 1.54) is 10.4 Å². The van der Waals surface area contributed by atoms with Gasteiger partial charge in [0.1, 0.15) is 0 Å². The van der Waals surface area contributed by atoms with Crippen LogP contribution in [0.25, 0.3) is 0 Å². The highest BCUT2D eigenvalue weighted by Crippen LogP contribution is 2.38. The molecule has 0 aliphatic carbocycles. The van der Waals surface area contributed by atoms with Gasteiger partial charge < -0.3 is 14.6 Å². The van der Waals surface area contributed by atoms with Crippen LogP contribution in [0.1, 0.15) is 40.5 Å². The third-order valence-corrected chi connectivity index (χ3v) is 10.1. The second-order valence-corrected chi connectivity index (χ2v) is 12.1. The molecule has 4 heteroatoms. The molecule has 0 unspecified atom stereocenters. The average molecular weight is 373 g/mol. The molecule has 2 rings (SSSR count). The zero-order valence-corrected chi connectivity index (χ0v) is 17.4. The monoisotopic (exact) mass is 372 g/mol. The Morgan fingerprint density at radius 2 is 1.38 bits per heavy atom. The Bertz CT molecular complexity index is 613. The molecular formula is C22H32O3Si. The van der Waals surface area contributed by atoms with E-state index in [1.807, 2.05) is 43.3 Å². The van der Waals surface area contributed by atoms with Gasteiger partial charge in [0.25, 0.3) is 8.32 Å². The molecule has 0 spiro atoms. The molecule has 0 bridgehead atoms. The van der Waals surface area contributed by atoms with Crippen molar-refractivity contribution in [2.45, 2.75) is 57.8 Å². The summed E-state index contributed by atoms with van der Waals surface area (Å²) in [6, 6.07) is 20.8. The van der Waals surface area contributed by atoms with E-state index in [-0.39, 0.29) is 11.6 Å². The predicted octanol–water partition coefficient (Wildman–Crippen LogP) is 3.08. The highest BCUT2D eigenvalue weighted by Gasteiger charge is 2.51. The van der Waals surface area contributed by atoms with Gasteiger partial charge in [0.05, 0.1) is 12.2 Å². The molecule has 2 atom stereocenters. The smallest absolute Gasteiger partial charge is 0.261 e. The predicted molar refractivity (Wildman–Crippen MR) is 110 cm³/mol. The van der Waals surface area contributed by atoms with E-state index < -0.39 is 20.5 Å². The van der Waals surface area contributed by atoms with Crippen molar-refractivity contribution in [3.05, 3.63) is 60.7 Å². The summed E-state index contributed by atoms with van der Waals surface area (Å²) in [5.41, 5.74) is 0. The highest BCUT2D eigenvalue weighted by molar-refractivity contribution is 6.99. The van der Waals surface area contributed by atoms with Crippen LogP contribution in [0.3, 0.4) is 0 Å². The zero-order valence-electron chi connectivity index (χ0n) is 16.4. The molecule has 0 radical (unpaired) electrons. The number of aliphatic hydroxyl groups excluding tert-OH is 2. The van der Waals surface area contributed by atoms with Gasteiger partial charge in [-0.05, 0) is 28.3 Å². The van der Waals surface area contributed by atoms with Crippen molar-refractivity contribution in [3.8, 4) is 0 Å². The minimum atomic E-state index is -2.70. The lowest BCUT2D eigenvalue weighted by Crippen LogP contribution is -2.68. The Morgan fingerprint density at radius 3 is 1.73 bits per heavy atom. The fourth-order valence-corrected chi connectivity index (χ4v) is 8.38. The molecule has 0 aliphatic rings. The first kappa shape index (κ1) is 20.8. The molecule has 0 aromatic heterocycles. The van der Waals surface area contributed by atoms with Crippen molar-refractivity contribution in [2.75, 3.05) is 6.61 Å². The van der Waals surface area contributed by atoms with Gasteiger partial charge in [-0.2, -0.15) is 0 Å². The summed E-state index contributed by atoms with van der Waals surface area (Å²) in [6.45, 7) is 8.60. The van der Waals surface area contributed by atoms with E-state index in [4.69, 9.17) is 4.43 Å². The molecule has 0 aliphatic heterocycles. The quantitative estimate of drug-likeness (QED) is 0.700. The Balaban J connectivity index is 2.67. The van der Waals surface area contributed by atoms with Gasteiger partial charge >= 0.3 is 0 Å². The van der Waals surface area contributed by atoms with Gasteiger partial charge in [0.2, 0.25) is 0 Å². The molecule has 26 heavy (non-hydrogen) atoms. The second kappa shape index (κ2) is 8.96. The molecule has 0 heterocycles. The van der Waals surface area contributed by atoms with Crippen LogP contribution in [0.2, 0.25) is 5.04 Å². The van der Waals surface area contributed by atoms with Crippen LogP contribution >= 0.6 is 0 Å². The van der Waals surface area contributed by atoms with E-state index in [9.17, 15) is 10.2 Å². The van der Waals surface area contributed by atoms with Gasteiger partial charge in [0, 0.05) is 6.61 Å². The minimum Gasteiger partial charge on any atom is -0.402 e. The molecule has 142 valence electrons. The van der Waals surface area contributed by atoms with Gasteiger partial charge in [-0.25, -0.2) is 0 Å². The van der Waals surface area contributed by atoms with Crippen LogP contribution < -0.4 is 10.4 Å². The first-order valence-electron chi connectivity index (χ1n) is 9.44. The molecule has 0 saturated heterocycles. The molecule has 2 N–H and O–H groups in total. The standard InChI is InChI=1S/C22H32O3Si/c1-5-20(24)21(16-17-23)25-26(22(2,3)4,18-12-8-6-9-13-18)19-14-10-7-11-15-19/h6-15,20-21,23-24H,5,16-17H2,1-4H3/t20-,21+/m1/s1. The second-order valence-electron chi connectivity index (χ2n) is 7.81. The fraction of sp³-hybridized carbons (Fsp3) is 0.455. The summed E-state index contributed by atoms with van der Waals surface area (Å²) < 4.78 is 6.90. The maximum Gasteiger partial charge on any atom is 0.261 e. The molecule has 0 saturated carbocycles. The Hall–Kier alpha value is -1.46. The minimum absolute atomic E-state index is 0.0000705. The summed E-state index contributed by atoms with van der Waals surface area (Å²) in [7, 11) is -2.70. The molecular weight excluding hydrogens is 340 g/mol.